The van der Waals surface area contributed by atoms with Crippen molar-refractivity contribution in [2.24, 2.45) is 4.99 Å². The topological polar surface area (TPSA) is 24.4 Å². The third-order valence-electron chi connectivity index (χ3n) is 1.58. The number of rotatable bonds is 0. The fourth-order valence-corrected chi connectivity index (χ4v) is 1.94. The number of nitrogens with zero attached hydrogens (tertiary/aromatic N) is 1. The molecule has 0 saturated heterocycles. The van der Waals surface area contributed by atoms with Crippen molar-refractivity contribution in [3.8, 4) is 0 Å². The second-order valence-electron chi connectivity index (χ2n) is 2.46. The highest BCUT2D eigenvalue weighted by atomic mass is 32.1. The maximum atomic E-state index is 4.19. The van der Waals surface area contributed by atoms with Gasteiger partial charge in [0.05, 0.1) is 6.34 Å². The summed E-state index contributed by atoms with van der Waals surface area (Å²) >= 11 is 1.70. The lowest BCUT2D eigenvalue weighted by Crippen LogP contribution is -2.10. The first-order valence-corrected chi connectivity index (χ1v) is 4.18. The summed E-state index contributed by atoms with van der Waals surface area (Å²) in [5.41, 5.74) is 2.08. The normalized spacial score (nSPS) is 14.5. The van der Waals surface area contributed by atoms with Gasteiger partial charge in [0, 0.05) is 16.1 Å². The molecule has 3 heteroatoms. The monoisotopic (exact) mass is 164 g/mol. The van der Waals surface area contributed by atoms with E-state index in [1.165, 1.54) is 4.88 Å². The zero-order valence-corrected chi connectivity index (χ0v) is 7.03. The highest BCUT2D eigenvalue weighted by molar-refractivity contribution is 7.16. The van der Waals surface area contributed by atoms with Crippen molar-refractivity contribution in [2.75, 3.05) is 0 Å². The number of hydrogen-bond donors (Lipinski definition) is 1. The zero-order valence-electron chi connectivity index (χ0n) is 6.22. The summed E-state index contributed by atoms with van der Waals surface area (Å²) in [4.78, 5) is 5.46. The van der Waals surface area contributed by atoms with Crippen molar-refractivity contribution in [3.63, 3.8) is 0 Å². The number of nitrogens with one attached hydrogen (secondary N) is 1. The van der Waals surface area contributed by atoms with Crippen LogP contribution in [0.4, 0.5) is 5.00 Å². The van der Waals surface area contributed by atoms with Crippen LogP contribution in [0.15, 0.2) is 17.6 Å². The molecular formula is C8H8N2S. The van der Waals surface area contributed by atoms with Crippen molar-refractivity contribution >= 4 is 28.4 Å². The van der Waals surface area contributed by atoms with Gasteiger partial charge in [-0.1, -0.05) is 6.58 Å². The number of hydrogen-bond acceptors (Lipinski definition) is 3. The molecule has 1 aliphatic rings. The van der Waals surface area contributed by atoms with E-state index in [0.717, 1.165) is 16.3 Å². The molecule has 0 fully saturated rings. The molecule has 0 amide bonds. The van der Waals surface area contributed by atoms with Crippen LogP contribution in [0.2, 0.25) is 0 Å². The highest BCUT2D eigenvalue weighted by Gasteiger charge is 2.11. The summed E-state index contributed by atoms with van der Waals surface area (Å²) in [6.07, 6.45) is 1.68. The van der Waals surface area contributed by atoms with E-state index in [9.17, 15) is 0 Å². The van der Waals surface area contributed by atoms with E-state index in [1.54, 1.807) is 17.7 Å². The summed E-state index contributed by atoms with van der Waals surface area (Å²) < 4.78 is 0. The Kier molecular flexibility index (Phi) is 1.32. The second kappa shape index (κ2) is 2.20. The molecule has 1 aromatic rings. The van der Waals surface area contributed by atoms with E-state index in [4.69, 9.17) is 0 Å². The standard InChI is InChI=1S/C8H8N2S/c1-5-3-7-6(2)9-4-10-8(7)11-5/h3-4H,2H2,1H3,(H,9,10). The molecular weight excluding hydrogens is 156 g/mol. The molecule has 11 heavy (non-hydrogen) atoms. The fourth-order valence-electron chi connectivity index (χ4n) is 1.06. The first kappa shape index (κ1) is 6.61. The van der Waals surface area contributed by atoms with Crippen LogP contribution in [0.3, 0.4) is 0 Å². The van der Waals surface area contributed by atoms with Crippen LogP contribution in [0.25, 0.3) is 5.70 Å². The predicted octanol–water partition coefficient (Wildman–Crippen LogP) is 2.29. The van der Waals surface area contributed by atoms with Crippen LogP contribution >= 0.6 is 11.3 Å². The molecule has 0 aliphatic carbocycles. The van der Waals surface area contributed by atoms with Crippen molar-refractivity contribution in [1.29, 1.82) is 0 Å². The third-order valence-corrected chi connectivity index (χ3v) is 2.54. The van der Waals surface area contributed by atoms with Gasteiger partial charge in [-0.05, 0) is 13.0 Å². The first-order valence-electron chi connectivity index (χ1n) is 3.36. The smallest absolute Gasteiger partial charge is 0.127 e. The first-order chi connectivity index (χ1) is 5.27. The second-order valence-corrected chi connectivity index (χ2v) is 3.69. The van der Waals surface area contributed by atoms with Crippen LogP contribution in [0.5, 0.6) is 0 Å². The largest absolute Gasteiger partial charge is 0.346 e. The van der Waals surface area contributed by atoms with Gasteiger partial charge in [-0.2, -0.15) is 0 Å². The van der Waals surface area contributed by atoms with E-state index in [2.05, 4.69) is 29.9 Å². The molecule has 1 aromatic heterocycles. The number of fused-ring (bicyclic) bond motifs is 1. The molecule has 56 valence electrons. The van der Waals surface area contributed by atoms with Crippen LogP contribution < -0.4 is 5.32 Å². The Morgan fingerprint density at radius 2 is 2.45 bits per heavy atom. The molecule has 0 radical (unpaired) electrons. The maximum Gasteiger partial charge on any atom is 0.127 e. The summed E-state index contributed by atoms with van der Waals surface area (Å²) in [7, 11) is 0. The van der Waals surface area contributed by atoms with Crippen LogP contribution in [-0.4, -0.2) is 6.34 Å². The lowest BCUT2D eigenvalue weighted by Gasteiger charge is -2.07. The Balaban J connectivity index is 2.62. The fraction of sp³-hybridized carbons (Fsp3) is 0.125. The van der Waals surface area contributed by atoms with Gasteiger partial charge in [-0.3, -0.25) is 0 Å². The average Bonchev–Trinajstić information content (AvgIpc) is 2.31. The van der Waals surface area contributed by atoms with Gasteiger partial charge in [0.25, 0.3) is 0 Å². The Bertz CT molecular complexity index is 336. The van der Waals surface area contributed by atoms with Gasteiger partial charge in [0.15, 0.2) is 0 Å². The van der Waals surface area contributed by atoms with Gasteiger partial charge in [-0.15, -0.1) is 11.3 Å². The number of thiophene rings is 1. The quantitative estimate of drug-likeness (QED) is 0.625. The highest BCUT2D eigenvalue weighted by Crippen LogP contribution is 2.34. The van der Waals surface area contributed by atoms with Crippen molar-refractivity contribution < 1.29 is 0 Å². The van der Waals surface area contributed by atoms with Gasteiger partial charge in [-0.25, -0.2) is 4.99 Å². The Morgan fingerprint density at radius 1 is 1.64 bits per heavy atom. The molecule has 1 aliphatic heterocycles. The number of aryl methyl sites for hydroxylation is 1. The minimum atomic E-state index is 0.944. The van der Waals surface area contributed by atoms with Crippen molar-refractivity contribution in [3.05, 3.63) is 23.1 Å². The van der Waals surface area contributed by atoms with Crippen molar-refractivity contribution in [2.45, 2.75) is 6.92 Å². The summed E-state index contributed by atoms with van der Waals surface area (Å²) in [5.74, 6) is 0. The molecule has 0 unspecified atom stereocenters. The van der Waals surface area contributed by atoms with E-state index < -0.39 is 0 Å². The number of aliphatic imine (C=N–C) groups is 1. The van der Waals surface area contributed by atoms with Crippen LogP contribution in [0, 0.1) is 6.92 Å². The molecule has 0 atom stereocenters. The molecule has 2 heterocycles. The molecule has 0 spiro atoms. The van der Waals surface area contributed by atoms with E-state index >= 15 is 0 Å². The molecule has 2 rings (SSSR count). The Morgan fingerprint density at radius 3 is 3.18 bits per heavy atom. The Labute approximate surface area is 69.3 Å². The van der Waals surface area contributed by atoms with E-state index in [1.807, 2.05) is 0 Å². The van der Waals surface area contributed by atoms with Gasteiger partial charge in [0.1, 0.15) is 5.00 Å². The molecule has 2 nitrogen and oxygen atoms in total. The average molecular weight is 164 g/mol. The lowest BCUT2D eigenvalue weighted by molar-refractivity contribution is 1.30. The summed E-state index contributed by atoms with van der Waals surface area (Å²) in [5, 5.41) is 4.03. The Hall–Kier alpha value is -1.09. The molecule has 0 saturated carbocycles. The maximum absolute atomic E-state index is 4.19. The van der Waals surface area contributed by atoms with Gasteiger partial charge in [0.2, 0.25) is 0 Å². The van der Waals surface area contributed by atoms with E-state index in [-0.39, 0.29) is 0 Å². The molecule has 0 bridgehead atoms. The summed E-state index contributed by atoms with van der Waals surface area (Å²) in [6, 6.07) is 2.10. The summed E-state index contributed by atoms with van der Waals surface area (Å²) in [6.45, 7) is 5.95. The van der Waals surface area contributed by atoms with E-state index in [0.29, 0.717) is 0 Å². The SMILES string of the molecule is C=C1NC=Nc2sc(C)cc21. The minimum absolute atomic E-state index is 0.944. The van der Waals surface area contributed by atoms with Gasteiger partial charge < -0.3 is 5.32 Å². The molecule has 0 aromatic carbocycles. The third kappa shape index (κ3) is 0.973. The van der Waals surface area contributed by atoms with Crippen LogP contribution in [-0.2, 0) is 0 Å². The lowest BCUT2D eigenvalue weighted by atomic mass is 10.2. The van der Waals surface area contributed by atoms with Crippen molar-refractivity contribution in [1.82, 2.24) is 5.32 Å². The minimum Gasteiger partial charge on any atom is -0.346 e. The zero-order chi connectivity index (χ0) is 7.84. The van der Waals surface area contributed by atoms with Crippen LogP contribution in [0.1, 0.15) is 10.4 Å². The predicted molar refractivity (Wildman–Crippen MR) is 49.4 cm³/mol. The molecule has 1 N–H and O–H groups in total. The van der Waals surface area contributed by atoms with Gasteiger partial charge >= 0.3 is 0 Å².